The summed E-state index contributed by atoms with van der Waals surface area (Å²) < 4.78 is 5.28. The van der Waals surface area contributed by atoms with E-state index in [9.17, 15) is 9.59 Å². The van der Waals surface area contributed by atoms with E-state index in [0.717, 1.165) is 12.2 Å². The van der Waals surface area contributed by atoms with Gasteiger partial charge in [-0.15, -0.1) is 0 Å². The van der Waals surface area contributed by atoms with Crippen LogP contribution in [-0.2, 0) is 9.53 Å². The molecule has 0 aliphatic heterocycles. The lowest BCUT2D eigenvalue weighted by Gasteiger charge is -2.26. The minimum Gasteiger partial charge on any atom is -0.444 e. The van der Waals surface area contributed by atoms with Gasteiger partial charge in [0.05, 0.1) is 0 Å². The Kier molecular flexibility index (Phi) is 7.27. The van der Waals surface area contributed by atoms with E-state index in [4.69, 9.17) is 4.74 Å². The number of carbonyl (C=O) groups excluding carboxylic acids is 2. The van der Waals surface area contributed by atoms with Crippen LogP contribution < -0.4 is 0 Å². The average molecular weight is 261 g/mol. The second-order valence-electron chi connectivity index (χ2n) is 4.75. The molecular formula is C12H23NO3S. The molecule has 0 atom stereocenters. The molecule has 17 heavy (non-hydrogen) atoms. The Hall–Kier alpha value is -0.710. The molecule has 0 bridgehead atoms. The van der Waals surface area contributed by atoms with Gasteiger partial charge in [-0.1, -0.05) is 11.8 Å². The SMILES string of the molecule is CCN(CCCSC(C)=O)C(=O)OC(C)(C)C. The summed E-state index contributed by atoms with van der Waals surface area (Å²) in [6.45, 7) is 10.3. The molecular weight excluding hydrogens is 238 g/mol. The minimum atomic E-state index is -0.460. The summed E-state index contributed by atoms with van der Waals surface area (Å²) in [5.41, 5.74) is -0.460. The maximum absolute atomic E-state index is 11.7. The fourth-order valence-corrected chi connectivity index (χ4v) is 1.74. The van der Waals surface area contributed by atoms with Crippen LogP contribution in [0, 0.1) is 0 Å². The maximum Gasteiger partial charge on any atom is 0.410 e. The van der Waals surface area contributed by atoms with Crippen LogP contribution in [-0.4, -0.2) is 40.6 Å². The van der Waals surface area contributed by atoms with Crippen molar-refractivity contribution in [1.29, 1.82) is 0 Å². The first-order valence-corrected chi connectivity index (χ1v) is 6.86. The second kappa shape index (κ2) is 7.58. The molecule has 100 valence electrons. The van der Waals surface area contributed by atoms with E-state index in [1.165, 1.54) is 11.8 Å². The van der Waals surface area contributed by atoms with Gasteiger partial charge in [0.25, 0.3) is 0 Å². The van der Waals surface area contributed by atoms with Crippen LogP contribution in [0.5, 0.6) is 0 Å². The van der Waals surface area contributed by atoms with E-state index in [2.05, 4.69) is 0 Å². The minimum absolute atomic E-state index is 0.116. The Balaban J connectivity index is 3.98. The molecule has 0 fully saturated rings. The number of rotatable bonds is 5. The molecule has 0 N–H and O–H groups in total. The van der Waals surface area contributed by atoms with Crippen molar-refractivity contribution in [3.05, 3.63) is 0 Å². The third-order valence-corrected chi connectivity index (χ3v) is 2.81. The number of nitrogens with zero attached hydrogens (tertiary/aromatic N) is 1. The van der Waals surface area contributed by atoms with Crippen molar-refractivity contribution in [2.24, 2.45) is 0 Å². The molecule has 0 saturated carbocycles. The fourth-order valence-electron chi connectivity index (χ4n) is 1.18. The molecule has 5 heteroatoms. The topological polar surface area (TPSA) is 46.6 Å². The van der Waals surface area contributed by atoms with E-state index in [0.29, 0.717) is 13.1 Å². The van der Waals surface area contributed by atoms with Gasteiger partial charge in [-0.2, -0.15) is 0 Å². The summed E-state index contributed by atoms with van der Waals surface area (Å²) in [5, 5.41) is 0.116. The van der Waals surface area contributed by atoms with E-state index in [1.54, 1.807) is 11.8 Å². The molecule has 0 aromatic heterocycles. The number of ether oxygens (including phenoxy) is 1. The average Bonchev–Trinajstić information content (AvgIpc) is 2.14. The van der Waals surface area contributed by atoms with Crippen molar-refractivity contribution in [1.82, 2.24) is 4.90 Å². The number of amides is 1. The van der Waals surface area contributed by atoms with Gasteiger partial charge in [-0.05, 0) is 34.1 Å². The zero-order chi connectivity index (χ0) is 13.5. The lowest BCUT2D eigenvalue weighted by molar-refractivity contribution is -0.109. The maximum atomic E-state index is 11.7. The standard InChI is InChI=1S/C12H23NO3S/c1-6-13(8-7-9-17-10(2)14)11(15)16-12(3,4)5/h6-9H2,1-5H3. The molecule has 0 radical (unpaired) electrons. The third-order valence-electron chi connectivity index (χ3n) is 1.91. The summed E-state index contributed by atoms with van der Waals surface area (Å²) in [4.78, 5) is 24.1. The first-order valence-electron chi connectivity index (χ1n) is 5.87. The predicted molar refractivity (Wildman–Crippen MR) is 71.2 cm³/mol. The van der Waals surface area contributed by atoms with Gasteiger partial charge >= 0.3 is 6.09 Å². The Bertz CT molecular complexity index is 261. The predicted octanol–water partition coefficient (Wildman–Crippen LogP) is 2.91. The van der Waals surface area contributed by atoms with E-state index in [-0.39, 0.29) is 11.2 Å². The summed E-state index contributed by atoms with van der Waals surface area (Å²) >= 11 is 1.29. The monoisotopic (exact) mass is 261 g/mol. The van der Waals surface area contributed by atoms with Crippen LogP contribution >= 0.6 is 11.8 Å². The first kappa shape index (κ1) is 16.3. The lowest BCUT2D eigenvalue weighted by atomic mass is 10.2. The highest BCUT2D eigenvalue weighted by atomic mass is 32.2. The summed E-state index contributed by atoms with van der Waals surface area (Å²) in [6, 6.07) is 0. The molecule has 0 heterocycles. The van der Waals surface area contributed by atoms with E-state index in [1.807, 2.05) is 27.7 Å². The Labute approximate surface area is 108 Å². The van der Waals surface area contributed by atoms with Crippen LogP contribution in [0.25, 0.3) is 0 Å². The zero-order valence-electron chi connectivity index (χ0n) is 11.4. The highest BCUT2D eigenvalue weighted by Crippen LogP contribution is 2.11. The molecule has 0 saturated heterocycles. The van der Waals surface area contributed by atoms with Crippen LogP contribution in [0.15, 0.2) is 0 Å². The van der Waals surface area contributed by atoms with Crippen LogP contribution in [0.4, 0.5) is 4.79 Å². The third kappa shape index (κ3) is 9.03. The van der Waals surface area contributed by atoms with Gasteiger partial charge in [0.1, 0.15) is 5.60 Å². The van der Waals surface area contributed by atoms with E-state index < -0.39 is 5.60 Å². The Morgan fingerprint density at radius 1 is 1.29 bits per heavy atom. The molecule has 0 unspecified atom stereocenters. The highest BCUT2D eigenvalue weighted by Gasteiger charge is 2.20. The first-order chi connectivity index (χ1) is 7.76. The molecule has 1 amide bonds. The number of hydrogen-bond donors (Lipinski definition) is 0. The molecule has 0 aliphatic carbocycles. The summed E-state index contributed by atoms with van der Waals surface area (Å²) in [6.07, 6.45) is 0.518. The van der Waals surface area contributed by atoms with Crippen LogP contribution in [0.3, 0.4) is 0 Å². The number of hydrogen-bond acceptors (Lipinski definition) is 4. The van der Waals surface area contributed by atoms with Gasteiger partial charge in [-0.25, -0.2) is 4.79 Å². The van der Waals surface area contributed by atoms with Crippen LogP contribution in [0.2, 0.25) is 0 Å². The molecule has 0 rings (SSSR count). The van der Waals surface area contributed by atoms with Crippen molar-refractivity contribution >= 4 is 23.0 Å². The van der Waals surface area contributed by atoms with Crippen molar-refractivity contribution in [2.45, 2.75) is 46.6 Å². The Morgan fingerprint density at radius 3 is 2.29 bits per heavy atom. The van der Waals surface area contributed by atoms with Crippen molar-refractivity contribution in [3.8, 4) is 0 Å². The van der Waals surface area contributed by atoms with Gasteiger partial charge in [0.2, 0.25) is 0 Å². The second-order valence-corrected chi connectivity index (χ2v) is 6.03. The molecule has 0 aliphatic rings. The van der Waals surface area contributed by atoms with Crippen molar-refractivity contribution in [3.63, 3.8) is 0 Å². The smallest absolute Gasteiger partial charge is 0.410 e. The lowest BCUT2D eigenvalue weighted by Crippen LogP contribution is -2.37. The van der Waals surface area contributed by atoms with Crippen LogP contribution in [0.1, 0.15) is 41.0 Å². The normalized spacial score (nSPS) is 11.1. The molecule has 4 nitrogen and oxygen atoms in total. The largest absolute Gasteiger partial charge is 0.444 e. The van der Waals surface area contributed by atoms with E-state index >= 15 is 0 Å². The zero-order valence-corrected chi connectivity index (χ0v) is 12.2. The summed E-state index contributed by atoms with van der Waals surface area (Å²) in [5.74, 6) is 0.745. The van der Waals surface area contributed by atoms with Gasteiger partial charge in [-0.3, -0.25) is 4.79 Å². The number of thioether (sulfide) groups is 1. The Morgan fingerprint density at radius 2 is 1.88 bits per heavy atom. The quantitative estimate of drug-likeness (QED) is 0.714. The van der Waals surface area contributed by atoms with Gasteiger partial charge in [0.15, 0.2) is 5.12 Å². The van der Waals surface area contributed by atoms with Gasteiger partial charge < -0.3 is 9.64 Å². The van der Waals surface area contributed by atoms with Crippen molar-refractivity contribution in [2.75, 3.05) is 18.8 Å². The summed E-state index contributed by atoms with van der Waals surface area (Å²) in [7, 11) is 0. The van der Waals surface area contributed by atoms with Gasteiger partial charge in [0, 0.05) is 25.8 Å². The number of carbonyl (C=O) groups is 2. The molecule has 0 spiro atoms. The highest BCUT2D eigenvalue weighted by molar-refractivity contribution is 8.13. The van der Waals surface area contributed by atoms with Crippen molar-refractivity contribution < 1.29 is 14.3 Å². The molecule has 0 aromatic carbocycles. The fraction of sp³-hybridized carbons (Fsp3) is 0.833. The molecule has 0 aromatic rings.